The van der Waals surface area contributed by atoms with Crippen LogP contribution in [0, 0.1) is 13.8 Å². The van der Waals surface area contributed by atoms with Crippen LogP contribution < -0.4 is 10.1 Å². The lowest BCUT2D eigenvalue weighted by Crippen LogP contribution is -2.30. The summed E-state index contributed by atoms with van der Waals surface area (Å²) in [7, 11) is 1.58. The van der Waals surface area contributed by atoms with Crippen LogP contribution in [0.15, 0.2) is 54.6 Å². The van der Waals surface area contributed by atoms with Gasteiger partial charge in [-0.25, -0.2) is 4.79 Å². The van der Waals surface area contributed by atoms with Crippen LogP contribution in [-0.2, 0) is 9.53 Å². The Bertz CT molecular complexity index is 1020. The molecule has 1 amide bonds. The lowest BCUT2D eigenvalue weighted by atomic mass is 10.0. The number of fused-ring (bicyclic) bond motifs is 1. The van der Waals surface area contributed by atoms with E-state index in [9.17, 15) is 9.59 Å². The van der Waals surface area contributed by atoms with Crippen LogP contribution in [0.25, 0.3) is 10.8 Å². The molecular formula is C23H23NO4. The molecule has 0 aliphatic carbocycles. The number of esters is 1. The third-order valence-corrected chi connectivity index (χ3v) is 4.71. The molecule has 1 atom stereocenters. The standard InChI is InChI=1S/C23H23NO4/c1-14-8-7-9-15(2)21(14)24-22(25)16(3)28-23(26)19-12-13-20(27-4)18-11-6-5-10-17(18)19/h5-13,16H,1-4H3,(H,24,25)/t16-/m0/s1. The molecule has 0 aliphatic heterocycles. The normalized spacial score (nSPS) is 11.7. The Kier molecular flexibility index (Phi) is 5.64. The highest BCUT2D eigenvalue weighted by molar-refractivity contribution is 6.07. The molecule has 1 N–H and O–H groups in total. The van der Waals surface area contributed by atoms with Gasteiger partial charge in [-0.2, -0.15) is 0 Å². The fourth-order valence-electron chi connectivity index (χ4n) is 3.14. The Labute approximate surface area is 164 Å². The largest absolute Gasteiger partial charge is 0.496 e. The molecule has 5 heteroatoms. The van der Waals surface area contributed by atoms with Crippen molar-refractivity contribution in [3.63, 3.8) is 0 Å². The summed E-state index contributed by atoms with van der Waals surface area (Å²) in [6.07, 6.45) is -0.938. The van der Waals surface area contributed by atoms with Crippen molar-refractivity contribution in [1.82, 2.24) is 0 Å². The van der Waals surface area contributed by atoms with E-state index < -0.39 is 12.1 Å². The van der Waals surface area contributed by atoms with E-state index in [2.05, 4.69) is 5.32 Å². The van der Waals surface area contributed by atoms with Crippen molar-refractivity contribution < 1.29 is 19.1 Å². The van der Waals surface area contributed by atoms with Crippen LogP contribution in [0.4, 0.5) is 5.69 Å². The quantitative estimate of drug-likeness (QED) is 0.658. The van der Waals surface area contributed by atoms with Gasteiger partial charge in [0.25, 0.3) is 5.91 Å². The van der Waals surface area contributed by atoms with Gasteiger partial charge in [0.1, 0.15) is 5.75 Å². The molecule has 28 heavy (non-hydrogen) atoms. The number of methoxy groups -OCH3 is 1. The van der Waals surface area contributed by atoms with Crippen molar-refractivity contribution in [2.45, 2.75) is 26.9 Å². The van der Waals surface area contributed by atoms with Crippen LogP contribution in [0.1, 0.15) is 28.4 Å². The minimum atomic E-state index is -0.938. The van der Waals surface area contributed by atoms with Crippen LogP contribution in [-0.4, -0.2) is 25.1 Å². The van der Waals surface area contributed by atoms with Gasteiger partial charge in [0, 0.05) is 11.1 Å². The number of anilines is 1. The van der Waals surface area contributed by atoms with Gasteiger partial charge >= 0.3 is 5.97 Å². The van der Waals surface area contributed by atoms with E-state index in [1.165, 1.54) is 0 Å². The van der Waals surface area contributed by atoms with Crippen LogP contribution in [0.2, 0.25) is 0 Å². The van der Waals surface area contributed by atoms with Gasteiger partial charge in [-0.3, -0.25) is 4.79 Å². The molecule has 3 aromatic carbocycles. The minimum Gasteiger partial charge on any atom is -0.496 e. The Hall–Kier alpha value is -3.34. The molecule has 3 rings (SSSR count). The van der Waals surface area contributed by atoms with Gasteiger partial charge in [0.2, 0.25) is 0 Å². The van der Waals surface area contributed by atoms with E-state index in [-0.39, 0.29) is 5.91 Å². The summed E-state index contributed by atoms with van der Waals surface area (Å²) in [5.41, 5.74) is 3.04. The average molecular weight is 377 g/mol. The third kappa shape index (κ3) is 3.83. The first-order valence-corrected chi connectivity index (χ1v) is 9.06. The number of carbonyl (C=O) groups is 2. The molecule has 0 saturated heterocycles. The fourth-order valence-corrected chi connectivity index (χ4v) is 3.14. The van der Waals surface area contributed by atoms with E-state index in [1.807, 2.05) is 56.3 Å². The predicted molar refractivity (Wildman–Crippen MR) is 110 cm³/mol. The number of nitrogens with one attached hydrogen (secondary N) is 1. The zero-order chi connectivity index (χ0) is 20.3. The monoisotopic (exact) mass is 377 g/mol. The number of aryl methyl sites for hydroxylation is 2. The maximum atomic E-state index is 12.7. The van der Waals surface area contributed by atoms with Crippen LogP contribution >= 0.6 is 0 Å². The molecule has 0 bridgehead atoms. The molecule has 0 fully saturated rings. The summed E-state index contributed by atoms with van der Waals surface area (Å²) < 4.78 is 10.8. The molecule has 144 valence electrons. The van der Waals surface area contributed by atoms with Gasteiger partial charge in [-0.1, -0.05) is 42.5 Å². The number of benzene rings is 3. The first kappa shape index (κ1) is 19.4. The maximum Gasteiger partial charge on any atom is 0.339 e. The number of ether oxygens (including phenoxy) is 2. The highest BCUT2D eigenvalue weighted by atomic mass is 16.5. The Morgan fingerprint density at radius 3 is 2.18 bits per heavy atom. The zero-order valence-corrected chi connectivity index (χ0v) is 16.4. The molecule has 0 heterocycles. The maximum absolute atomic E-state index is 12.7. The van der Waals surface area contributed by atoms with E-state index in [4.69, 9.17) is 9.47 Å². The Morgan fingerprint density at radius 1 is 0.893 bits per heavy atom. The molecule has 0 spiro atoms. The van der Waals surface area contributed by atoms with E-state index in [0.717, 1.165) is 22.2 Å². The lowest BCUT2D eigenvalue weighted by molar-refractivity contribution is -0.123. The smallest absolute Gasteiger partial charge is 0.339 e. The molecule has 0 aromatic heterocycles. The zero-order valence-electron chi connectivity index (χ0n) is 16.4. The molecular weight excluding hydrogens is 354 g/mol. The van der Waals surface area contributed by atoms with E-state index >= 15 is 0 Å². The number of carbonyl (C=O) groups excluding carboxylic acids is 2. The van der Waals surface area contributed by atoms with Crippen LogP contribution in [0.5, 0.6) is 5.75 Å². The second-order valence-electron chi connectivity index (χ2n) is 6.66. The van der Waals surface area contributed by atoms with Gasteiger partial charge in [-0.15, -0.1) is 0 Å². The first-order valence-electron chi connectivity index (χ1n) is 9.06. The Morgan fingerprint density at radius 2 is 1.54 bits per heavy atom. The summed E-state index contributed by atoms with van der Waals surface area (Å²) in [6.45, 7) is 5.40. The third-order valence-electron chi connectivity index (χ3n) is 4.71. The van der Waals surface area contributed by atoms with Crippen molar-refractivity contribution in [1.29, 1.82) is 0 Å². The number of rotatable bonds is 5. The summed E-state index contributed by atoms with van der Waals surface area (Å²) in [5, 5.41) is 4.38. The van der Waals surface area contributed by atoms with E-state index in [0.29, 0.717) is 16.7 Å². The van der Waals surface area contributed by atoms with Gasteiger partial charge in [0.15, 0.2) is 6.10 Å². The SMILES string of the molecule is COc1ccc(C(=O)O[C@@H](C)C(=O)Nc2c(C)cccc2C)c2ccccc12. The predicted octanol–water partition coefficient (Wildman–Crippen LogP) is 4.65. The minimum absolute atomic E-state index is 0.372. The van der Waals surface area contributed by atoms with Crippen molar-refractivity contribution in [2.24, 2.45) is 0 Å². The van der Waals surface area contributed by atoms with Crippen molar-refractivity contribution in [2.75, 3.05) is 12.4 Å². The number of hydrogen-bond donors (Lipinski definition) is 1. The first-order chi connectivity index (χ1) is 13.4. The molecule has 0 aliphatic rings. The summed E-state index contributed by atoms with van der Waals surface area (Å²) in [4.78, 5) is 25.3. The Balaban J connectivity index is 1.79. The van der Waals surface area contributed by atoms with Gasteiger partial charge in [-0.05, 0) is 49.4 Å². The van der Waals surface area contributed by atoms with Crippen molar-refractivity contribution >= 4 is 28.3 Å². The summed E-state index contributed by atoms with van der Waals surface area (Å²) in [6, 6.07) is 16.6. The topological polar surface area (TPSA) is 64.6 Å². The fraction of sp³-hybridized carbons (Fsp3) is 0.217. The molecule has 0 radical (unpaired) electrons. The highest BCUT2D eigenvalue weighted by Crippen LogP contribution is 2.29. The van der Waals surface area contributed by atoms with E-state index in [1.54, 1.807) is 26.2 Å². The molecule has 3 aromatic rings. The number of hydrogen-bond acceptors (Lipinski definition) is 4. The number of amides is 1. The molecule has 5 nitrogen and oxygen atoms in total. The lowest BCUT2D eigenvalue weighted by Gasteiger charge is -2.17. The second-order valence-corrected chi connectivity index (χ2v) is 6.66. The average Bonchev–Trinajstić information content (AvgIpc) is 2.69. The summed E-state index contributed by atoms with van der Waals surface area (Å²) in [5.74, 6) is -0.250. The van der Waals surface area contributed by atoms with Crippen LogP contribution in [0.3, 0.4) is 0 Å². The van der Waals surface area contributed by atoms with Crippen molar-refractivity contribution in [3.8, 4) is 5.75 Å². The van der Waals surface area contributed by atoms with Crippen molar-refractivity contribution in [3.05, 3.63) is 71.3 Å². The van der Waals surface area contributed by atoms with Gasteiger partial charge in [0.05, 0.1) is 12.7 Å². The van der Waals surface area contributed by atoms with Gasteiger partial charge < -0.3 is 14.8 Å². The highest BCUT2D eigenvalue weighted by Gasteiger charge is 2.22. The molecule has 0 saturated carbocycles. The summed E-state index contributed by atoms with van der Waals surface area (Å²) >= 11 is 0. The second kappa shape index (κ2) is 8.13. The number of para-hydroxylation sites is 1. The molecule has 0 unspecified atom stereocenters.